The van der Waals surface area contributed by atoms with E-state index < -0.39 is 11.7 Å². The second-order valence-corrected chi connectivity index (χ2v) is 4.91. The van der Waals surface area contributed by atoms with Crippen LogP contribution in [0.5, 0.6) is 0 Å². The molecule has 0 aliphatic carbocycles. The molecule has 0 aliphatic heterocycles. The van der Waals surface area contributed by atoms with Gasteiger partial charge in [-0.25, -0.2) is 4.39 Å². The van der Waals surface area contributed by atoms with Gasteiger partial charge in [0.25, 0.3) is 5.91 Å². The largest absolute Gasteiger partial charge is 0.361 e. The highest BCUT2D eigenvalue weighted by Gasteiger charge is 2.08. The molecule has 3 N–H and O–H groups in total. The highest BCUT2D eigenvalue weighted by molar-refractivity contribution is 7.80. The fraction of sp³-hybridized carbons (Fsp3) is 0.429. The number of amides is 1. The lowest BCUT2D eigenvalue weighted by Crippen LogP contribution is -2.47. The molecule has 0 atom stereocenters. The summed E-state index contributed by atoms with van der Waals surface area (Å²) >= 11 is 5.01. The van der Waals surface area contributed by atoms with Gasteiger partial charge in [-0.3, -0.25) is 15.6 Å². The Morgan fingerprint density at radius 3 is 2.70 bits per heavy atom. The third kappa shape index (κ3) is 5.52. The van der Waals surface area contributed by atoms with Crippen molar-refractivity contribution in [2.45, 2.75) is 33.1 Å². The lowest BCUT2D eigenvalue weighted by Gasteiger charge is -2.11. The van der Waals surface area contributed by atoms with Crippen molar-refractivity contribution < 1.29 is 9.18 Å². The number of hydrogen-bond donors (Lipinski definition) is 3. The molecular weight excluding hydrogens is 277 g/mol. The summed E-state index contributed by atoms with van der Waals surface area (Å²) in [5, 5.41) is 3.33. The van der Waals surface area contributed by atoms with E-state index in [-0.39, 0.29) is 5.56 Å². The zero-order valence-electron chi connectivity index (χ0n) is 11.8. The number of aryl methyl sites for hydroxylation is 1. The van der Waals surface area contributed by atoms with Gasteiger partial charge in [0.15, 0.2) is 5.11 Å². The van der Waals surface area contributed by atoms with E-state index in [1.54, 1.807) is 19.1 Å². The lowest BCUT2D eigenvalue weighted by molar-refractivity contribution is 0.0943. The van der Waals surface area contributed by atoms with Gasteiger partial charge >= 0.3 is 0 Å². The van der Waals surface area contributed by atoms with Crippen molar-refractivity contribution >= 4 is 23.2 Å². The first-order chi connectivity index (χ1) is 9.54. The number of benzene rings is 1. The summed E-state index contributed by atoms with van der Waals surface area (Å²) < 4.78 is 13.3. The van der Waals surface area contributed by atoms with E-state index in [9.17, 15) is 9.18 Å². The molecule has 0 saturated carbocycles. The smallest absolute Gasteiger partial charge is 0.269 e. The Balaban J connectivity index is 2.35. The molecule has 1 aromatic carbocycles. The van der Waals surface area contributed by atoms with Crippen molar-refractivity contribution in [2.75, 3.05) is 6.54 Å². The molecule has 1 amide bonds. The third-order valence-electron chi connectivity index (χ3n) is 2.79. The Hall–Kier alpha value is -1.69. The first-order valence-corrected chi connectivity index (χ1v) is 7.05. The van der Waals surface area contributed by atoms with E-state index in [0.29, 0.717) is 10.7 Å². The summed E-state index contributed by atoms with van der Waals surface area (Å²) in [7, 11) is 0. The number of carbonyl (C=O) groups is 1. The van der Waals surface area contributed by atoms with Gasteiger partial charge in [0.2, 0.25) is 0 Å². The van der Waals surface area contributed by atoms with Crippen LogP contribution >= 0.6 is 12.2 Å². The van der Waals surface area contributed by atoms with Crippen LogP contribution in [0.25, 0.3) is 0 Å². The van der Waals surface area contributed by atoms with E-state index in [0.717, 1.165) is 25.8 Å². The summed E-state index contributed by atoms with van der Waals surface area (Å²) in [6.45, 7) is 4.52. The first-order valence-electron chi connectivity index (χ1n) is 6.65. The summed E-state index contributed by atoms with van der Waals surface area (Å²) in [5.41, 5.74) is 5.76. The van der Waals surface area contributed by atoms with Crippen LogP contribution in [0.4, 0.5) is 4.39 Å². The topological polar surface area (TPSA) is 53.2 Å². The monoisotopic (exact) mass is 297 g/mol. The van der Waals surface area contributed by atoms with E-state index in [4.69, 9.17) is 12.2 Å². The number of unbranched alkanes of at least 4 members (excludes halogenated alkanes) is 2. The zero-order valence-corrected chi connectivity index (χ0v) is 12.6. The van der Waals surface area contributed by atoms with Gasteiger partial charge in [-0.05, 0) is 43.3 Å². The van der Waals surface area contributed by atoms with Crippen LogP contribution in [0.15, 0.2) is 18.2 Å². The van der Waals surface area contributed by atoms with Crippen molar-refractivity contribution in [3.05, 3.63) is 35.1 Å². The summed E-state index contributed by atoms with van der Waals surface area (Å²) in [4.78, 5) is 11.8. The Bertz CT molecular complexity index is 479. The van der Waals surface area contributed by atoms with Gasteiger partial charge in [-0.1, -0.05) is 25.8 Å². The maximum atomic E-state index is 13.3. The normalized spacial score (nSPS) is 9.95. The minimum Gasteiger partial charge on any atom is -0.361 e. The second-order valence-electron chi connectivity index (χ2n) is 4.51. The number of hydrogen-bond acceptors (Lipinski definition) is 2. The second kappa shape index (κ2) is 8.47. The minimum absolute atomic E-state index is 0.245. The highest BCUT2D eigenvalue weighted by Crippen LogP contribution is 2.08. The van der Waals surface area contributed by atoms with Crippen molar-refractivity contribution in [2.24, 2.45) is 0 Å². The van der Waals surface area contributed by atoms with Gasteiger partial charge in [0.1, 0.15) is 5.82 Å². The van der Waals surface area contributed by atoms with Gasteiger partial charge in [-0.2, -0.15) is 0 Å². The SMILES string of the molecule is CCCCCNC(=S)NNC(=O)c1ccc(C)c(F)c1. The lowest BCUT2D eigenvalue weighted by atomic mass is 10.1. The maximum Gasteiger partial charge on any atom is 0.269 e. The third-order valence-corrected chi connectivity index (χ3v) is 3.04. The van der Waals surface area contributed by atoms with Crippen molar-refractivity contribution in [1.29, 1.82) is 0 Å². The van der Waals surface area contributed by atoms with Crippen LogP contribution in [0.3, 0.4) is 0 Å². The average Bonchev–Trinajstić information content (AvgIpc) is 2.44. The fourth-order valence-corrected chi connectivity index (χ4v) is 1.69. The van der Waals surface area contributed by atoms with Crippen molar-refractivity contribution in [1.82, 2.24) is 16.2 Å². The van der Waals surface area contributed by atoms with Crippen LogP contribution in [0, 0.1) is 12.7 Å². The van der Waals surface area contributed by atoms with Crippen LogP contribution in [0.2, 0.25) is 0 Å². The molecular formula is C14H20FN3OS. The summed E-state index contributed by atoms with van der Waals surface area (Å²) in [6.07, 6.45) is 3.29. The molecule has 0 fully saturated rings. The molecule has 110 valence electrons. The van der Waals surface area contributed by atoms with Gasteiger partial charge in [-0.15, -0.1) is 0 Å². The van der Waals surface area contributed by atoms with Crippen molar-refractivity contribution in [3.63, 3.8) is 0 Å². The standard InChI is InChI=1S/C14H20FN3OS/c1-3-4-5-8-16-14(20)18-17-13(19)11-7-6-10(2)12(15)9-11/h6-7,9H,3-5,8H2,1-2H3,(H,17,19)(H2,16,18,20). The van der Waals surface area contributed by atoms with E-state index >= 15 is 0 Å². The fourth-order valence-electron chi connectivity index (χ4n) is 1.54. The molecule has 6 heteroatoms. The molecule has 0 radical (unpaired) electrons. The highest BCUT2D eigenvalue weighted by atomic mass is 32.1. The molecule has 0 spiro atoms. The number of nitrogens with one attached hydrogen (secondary N) is 3. The van der Waals surface area contributed by atoms with Crippen molar-refractivity contribution in [3.8, 4) is 0 Å². The first kappa shape index (κ1) is 16.4. The minimum atomic E-state index is -0.429. The summed E-state index contributed by atoms with van der Waals surface area (Å²) in [5.74, 6) is -0.834. The van der Waals surface area contributed by atoms with Crippen LogP contribution in [-0.4, -0.2) is 17.6 Å². The molecule has 0 saturated heterocycles. The van der Waals surface area contributed by atoms with Gasteiger partial charge in [0, 0.05) is 12.1 Å². The van der Waals surface area contributed by atoms with Crippen LogP contribution in [0.1, 0.15) is 42.1 Å². The Kier molecular flexibility index (Phi) is 6.93. The Morgan fingerprint density at radius 2 is 2.05 bits per heavy atom. The zero-order chi connectivity index (χ0) is 15.0. The van der Waals surface area contributed by atoms with Crippen LogP contribution < -0.4 is 16.2 Å². The molecule has 1 aromatic rings. The average molecular weight is 297 g/mol. The molecule has 0 aliphatic rings. The Labute approximate surface area is 124 Å². The molecule has 0 unspecified atom stereocenters. The molecule has 4 nitrogen and oxygen atoms in total. The number of hydrazine groups is 1. The van der Waals surface area contributed by atoms with E-state index in [2.05, 4.69) is 23.1 Å². The predicted octanol–water partition coefficient (Wildman–Crippen LogP) is 2.43. The quantitative estimate of drug-likeness (QED) is 0.444. The van der Waals surface area contributed by atoms with Gasteiger partial charge in [0.05, 0.1) is 0 Å². The Morgan fingerprint density at radius 1 is 1.30 bits per heavy atom. The molecule has 1 rings (SSSR count). The maximum absolute atomic E-state index is 13.3. The van der Waals surface area contributed by atoms with E-state index in [1.807, 2.05) is 0 Å². The number of carbonyl (C=O) groups excluding carboxylic acids is 1. The van der Waals surface area contributed by atoms with Crippen LogP contribution in [-0.2, 0) is 0 Å². The molecule has 0 bridgehead atoms. The number of rotatable bonds is 5. The number of halogens is 1. The van der Waals surface area contributed by atoms with E-state index in [1.165, 1.54) is 6.07 Å². The van der Waals surface area contributed by atoms with Gasteiger partial charge < -0.3 is 5.32 Å². The molecule has 20 heavy (non-hydrogen) atoms. The number of thiocarbonyl (C=S) groups is 1. The predicted molar refractivity (Wildman–Crippen MR) is 81.9 cm³/mol. The summed E-state index contributed by atoms with van der Waals surface area (Å²) in [6, 6.07) is 4.32. The molecule has 0 aromatic heterocycles. The molecule has 0 heterocycles.